The van der Waals surface area contributed by atoms with Gasteiger partial charge < -0.3 is 24.2 Å². The molecule has 0 spiro atoms. The Morgan fingerprint density at radius 2 is 1.86 bits per heavy atom. The molecule has 2 aromatic rings. The van der Waals surface area contributed by atoms with Crippen LogP contribution in [0, 0.1) is 0 Å². The summed E-state index contributed by atoms with van der Waals surface area (Å²) in [7, 11) is 3.47. The summed E-state index contributed by atoms with van der Waals surface area (Å²) in [6.45, 7) is 5.88. The number of nitrogens with one attached hydrogen (secondary N) is 1. The lowest BCUT2D eigenvalue weighted by atomic mass is 10.3. The third-order valence-corrected chi connectivity index (χ3v) is 4.47. The summed E-state index contributed by atoms with van der Waals surface area (Å²) >= 11 is 0. The second-order valence-electron chi connectivity index (χ2n) is 6.25. The van der Waals surface area contributed by atoms with Crippen LogP contribution in [0.3, 0.4) is 0 Å². The van der Waals surface area contributed by atoms with E-state index in [9.17, 15) is 0 Å². The maximum Gasteiger partial charge on any atom is 0.193 e. The summed E-state index contributed by atoms with van der Waals surface area (Å²) in [4.78, 5) is 9.03. The van der Waals surface area contributed by atoms with Gasteiger partial charge in [-0.1, -0.05) is 5.16 Å². The molecule has 0 amide bonds. The van der Waals surface area contributed by atoms with Crippen molar-refractivity contribution in [2.75, 3.05) is 53.5 Å². The van der Waals surface area contributed by atoms with Gasteiger partial charge in [-0.05, 0) is 24.3 Å². The van der Waals surface area contributed by atoms with Crippen LogP contribution in [-0.2, 0) is 6.54 Å². The summed E-state index contributed by atoms with van der Waals surface area (Å²) in [5.41, 5.74) is 0.974. The molecule has 3 rings (SSSR count). The fraction of sp³-hybridized carbons (Fsp3) is 0.474. The minimum Gasteiger partial charge on any atom is -0.497 e. The Kier molecular flexibility index (Phi) is 9.35. The van der Waals surface area contributed by atoms with E-state index in [1.807, 2.05) is 37.4 Å². The number of aliphatic imine (C=N–C) groups is 1. The van der Waals surface area contributed by atoms with Gasteiger partial charge in [0.05, 0.1) is 19.3 Å². The largest absolute Gasteiger partial charge is 0.497 e. The molecule has 0 unspecified atom stereocenters. The lowest BCUT2D eigenvalue weighted by molar-refractivity contribution is 0.168. The number of hydrogen-bond acceptors (Lipinski definition) is 6. The first kappa shape index (κ1) is 22.3. The maximum absolute atomic E-state index is 5.75. The first-order valence-corrected chi connectivity index (χ1v) is 9.12. The third-order valence-electron chi connectivity index (χ3n) is 4.47. The van der Waals surface area contributed by atoms with Crippen LogP contribution in [-0.4, -0.2) is 74.4 Å². The smallest absolute Gasteiger partial charge is 0.193 e. The summed E-state index contributed by atoms with van der Waals surface area (Å²) < 4.78 is 15.8. The Bertz CT molecular complexity index is 701. The van der Waals surface area contributed by atoms with Crippen molar-refractivity contribution in [3.05, 3.63) is 42.3 Å². The van der Waals surface area contributed by atoms with Gasteiger partial charge in [0.25, 0.3) is 0 Å². The van der Waals surface area contributed by atoms with E-state index in [1.54, 1.807) is 13.4 Å². The van der Waals surface area contributed by atoms with Crippen LogP contribution in [0.5, 0.6) is 11.5 Å². The third kappa shape index (κ3) is 6.55. The van der Waals surface area contributed by atoms with E-state index in [-0.39, 0.29) is 24.0 Å². The highest BCUT2D eigenvalue weighted by Crippen LogP contribution is 2.16. The normalized spacial score (nSPS) is 15.1. The first-order valence-electron chi connectivity index (χ1n) is 9.12. The quantitative estimate of drug-likeness (QED) is 0.270. The Labute approximate surface area is 182 Å². The average Bonchev–Trinajstić information content (AvgIpc) is 3.22. The Hall–Kier alpha value is -2.01. The van der Waals surface area contributed by atoms with Gasteiger partial charge in [0, 0.05) is 45.8 Å². The van der Waals surface area contributed by atoms with Gasteiger partial charge in [-0.15, -0.1) is 24.0 Å². The van der Waals surface area contributed by atoms with Gasteiger partial charge in [-0.25, -0.2) is 0 Å². The molecule has 2 heterocycles. The predicted octanol–water partition coefficient (Wildman–Crippen LogP) is 2.07. The van der Waals surface area contributed by atoms with Crippen LogP contribution in [0.25, 0.3) is 0 Å². The highest BCUT2D eigenvalue weighted by Gasteiger charge is 2.20. The number of piperazine rings is 1. The van der Waals surface area contributed by atoms with Gasteiger partial charge in [0.1, 0.15) is 24.4 Å². The molecule has 1 aliphatic rings. The molecule has 1 saturated heterocycles. The number of methoxy groups -OCH3 is 1. The van der Waals surface area contributed by atoms with Crippen LogP contribution in [0.15, 0.2) is 46.1 Å². The first-order chi connectivity index (χ1) is 13.3. The molecule has 1 aliphatic heterocycles. The predicted molar refractivity (Wildman–Crippen MR) is 119 cm³/mol. The van der Waals surface area contributed by atoms with Gasteiger partial charge in [0.2, 0.25) is 0 Å². The standard InChI is InChI=1S/C19H27N5O3.HI/c1-20-19(21-8-14-26-18-5-3-17(25-2)4-6-18)24-11-9-23(10-12-24)15-16-7-13-27-22-16;/h3-7,13H,8-12,14-15H2,1-2H3,(H,20,21);1H. The van der Waals surface area contributed by atoms with E-state index in [0.717, 1.165) is 55.9 Å². The van der Waals surface area contributed by atoms with E-state index >= 15 is 0 Å². The number of nitrogens with zero attached hydrogens (tertiary/aromatic N) is 4. The Balaban J connectivity index is 0.00000280. The highest BCUT2D eigenvalue weighted by molar-refractivity contribution is 14.0. The van der Waals surface area contributed by atoms with E-state index in [1.165, 1.54) is 0 Å². The lowest BCUT2D eigenvalue weighted by Crippen LogP contribution is -2.52. The van der Waals surface area contributed by atoms with Gasteiger partial charge in [0.15, 0.2) is 5.96 Å². The van der Waals surface area contributed by atoms with Crippen LogP contribution < -0.4 is 14.8 Å². The molecule has 0 radical (unpaired) electrons. The molecule has 0 saturated carbocycles. The number of aromatic nitrogens is 1. The average molecular weight is 501 g/mol. The van der Waals surface area contributed by atoms with Crippen molar-refractivity contribution in [2.45, 2.75) is 6.54 Å². The molecule has 1 aromatic carbocycles. The maximum atomic E-state index is 5.75. The lowest BCUT2D eigenvalue weighted by Gasteiger charge is -2.36. The van der Waals surface area contributed by atoms with E-state index < -0.39 is 0 Å². The minimum absolute atomic E-state index is 0. The van der Waals surface area contributed by atoms with E-state index in [4.69, 9.17) is 14.0 Å². The fourth-order valence-electron chi connectivity index (χ4n) is 3.00. The number of halogens is 1. The zero-order valence-corrected chi connectivity index (χ0v) is 18.7. The molecule has 1 fully saturated rings. The number of hydrogen-bond donors (Lipinski definition) is 1. The fourth-order valence-corrected chi connectivity index (χ4v) is 3.00. The molecule has 0 aliphatic carbocycles. The SMILES string of the molecule is CN=C(NCCOc1ccc(OC)cc1)N1CCN(Cc2ccon2)CC1.I. The molecule has 0 atom stereocenters. The number of guanidine groups is 1. The molecule has 1 N–H and O–H groups in total. The van der Waals surface area contributed by atoms with E-state index in [0.29, 0.717) is 13.2 Å². The van der Waals surface area contributed by atoms with Crippen molar-refractivity contribution < 1.29 is 14.0 Å². The van der Waals surface area contributed by atoms with Crippen LogP contribution >= 0.6 is 24.0 Å². The zero-order chi connectivity index (χ0) is 18.9. The van der Waals surface area contributed by atoms with Crippen LogP contribution in [0.2, 0.25) is 0 Å². The van der Waals surface area contributed by atoms with Gasteiger partial charge in [-0.3, -0.25) is 9.89 Å². The van der Waals surface area contributed by atoms with Crippen molar-refractivity contribution in [1.29, 1.82) is 0 Å². The van der Waals surface area contributed by atoms with Crippen molar-refractivity contribution in [3.63, 3.8) is 0 Å². The van der Waals surface area contributed by atoms with Crippen molar-refractivity contribution in [2.24, 2.45) is 4.99 Å². The van der Waals surface area contributed by atoms with Crippen molar-refractivity contribution >= 4 is 29.9 Å². The second kappa shape index (κ2) is 11.7. The number of ether oxygens (including phenoxy) is 2. The van der Waals surface area contributed by atoms with E-state index in [2.05, 4.69) is 25.3 Å². The number of benzene rings is 1. The second-order valence-corrected chi connectivity index (χ2v) is 6.25. The minimum atomic E-state index is 0. The molecule has 154 valence electrons. The molecule has 28 heavy (non-hydrogen) atoms. The summed E-state index contributed by atoms with van der Waals surface area (Å²) in [5.74, 6) is 2.56. The van der Waals surface area contributed by atoms with Gasteiger partial charge in [-0.2, -0.15) is 0 Å². The van der Waals surface area contributed by atoms with Gasteiger partial charge >= 0.3 is 0 Å². The monoisotopic (exact) mass is 501 g/mol. The summed E-state index contributed by atoms with van der Waals surface area (Å²) in [6, 6.07) is 9.50. The molecular weight excluding hydrogens is 473 g/mol. The Morgan fingerprint density at radius 1 is 1.14 bits per heavy atom. The molecular formula is C19H28IN5O3. The number of rotatable bonds is 7. The molecule has 1 aromatic heterocycles. The topological polar surface area (TPSA) is 75.4 Å². The Morgan fingerprint density at radius 3 is 2.46 bits per heavy atom. The summed E-state index contributed by atoms with van der Waals surface area (Å²) in [6.07, 6.45) is 1.62. The molecule has 9 heteroatoms. The molecule has 0 bridgehead atoms. The zero-order valence-electron chi connectivity index (χ0n) is 16.3. The van der Waals surface area contributed by atoms with Crippen molar-refractivity contribution in [3.8, 4) is 11.5 Å². The summed E-state index contributed by atoms with van der Waals surface area (Å²) in [5, 5.41) is 7.35. The highest BCUT2D eigenvalue weighted by atomic mass is 127. The van der Waals surface area contributed by atoms with Crippen molar-refractivity contribution in [1.82, 2.24) is 20.3 Å². The van der Waals surface area contributed by atoms with Crippen LogP contribution in [0.1, 0.15) is 5.69 Å². The molecule has 8 nitrogen and oxygen atoms in total. The van der Waals surface area contributed by atoms with Crippen LogP contribution in [0.4, 0.5) is 0 Å².